The highest BCUT2D eigenvalue weighted by atomic mass is 35.5. The fourth-order valence-corrected chi connectivity index (χ4v) is 3.43. The summed E-state index contributed by atoms with van der Waals surface area (Å²) in [6, 6.07) is 11.1. The number of halogens is 2. The Balaban J connectivity index is 1.46. The van der Waals surface area contributed by atoms with Gasteiger partial charge in [-0.2, -0.15) is 0 Å². The zero-order valence-corrected chi connectivity index (χ0v) is 16.4. The molecule has 2 amide bonds. The molecule has 28 heavy (non-hydrogen) atoms. The minimum absolute atomic E-state index is 0.0132. The van der Waals surface area contributed by atoms with Crippen LogP contribution in [-0.2, 0) is 9.59 Å². The molecule has 1 saturated heterocycles. The molecule has 148 valence electrons. The van der Waals surface area contributed by atoms with Crippen LogP contribution in [-0.4, -0.2) is 36.3 Å². The topological polar surface area (TPSA) is 61.4 Å². The van der Waals surface area contributed by atoms with Crippen molar-refractivity contribution >= 4 is 34.8 Å². The standard InChI is InChI=1S/C21H23ClFN3O2/c1-14-2-3-16(22)12-19(14)25-21(28)15-8-10-26(11-9-15)13-20(27)24-18-6-4-17(23)5-7-18/h2-7,12,15H,8-11,13H2,1H3,(H,24,27)(H,25,28). The number of carbonyl (C=O) groups is 2. The second kappa shape index (κ2) is 9.17. The van der Waals surface area contributed by atoms with Gasteiger partial charge in [-0.3, -0.25) is 14.5 Å². The average Bonchev–Trinajstić information content (AvgIpc) is 2.67. The van der Waals surface area contributed by atoms with Gasteiger partial charge < -0.3 is 10.6 Å². The second-order valence-corrected chi connectivity index (χ2v) is 7.49. The summed E-state index contributed by atoms with van der Waals surface area (Å²) in [4.78, 5) is 26.7. The van der Waals surface area contributed by atoms with E-state index >= 15 is 0 Å². The average molecular weight is 404 g/mol. The molecule has 0 spiro atoms. The molecule has 5 nitrogen and oxygen atoms in total. The number of carbonyl (C=O) groups excluding carboxylic acids is 2. The fourth-order valence-electron chi connectivity index (χ4n) is 3.25. The first-order valence-corrected chi connectivity index (χ1v) is 9.63. The molecule has 3 rings (SSSR count). The lowest BCUT2D eigenvalue weighted by molar-refractivity contribution is -0.121. The monoisotopic (exact) mass is 403 g/mol. The quantitative estimate of drug-likeness (QED) is 0.790. The Bertz CT molecular complexity index is 849. The smallest absolute Gasteiger partial charge is 0.238 e. The molecule has 0 unspecified atom stereocenters. The Kier molecular flexibility index (Phi) is 6.65. The molecule has 0 saturated carbocycles. The van der Waals surface area contributed by atoms with Crippen LogP contribution in [0.4, 0.5) is 15.8 Å². The van der Waals surface area contributed by atoms with Gasteiger partial charge in [0.2, 0.25) is 11.8 Å². The zero-order chi connectivity index (χ0) is 20.1. The zero-order valence-electron chi connectivity index (χ0n) is 15.7. The van der Waals surface area contributed by atoms with Crippen LogP contribution in [0, 0.1) is 18.7 Å². The van der Waals surface area contributed by atoms with Crippen molar-refractivity contribution in [3.63, 3.8) is 0 Å². The van der Waals surface area contributed by atoms with E-state index in [2.05, 4.69) is 10.6 Å². The summed E-state index contributed by atoms with van der Waals surface area (Å²) in [5.74, 6) is -0.592. The van der Waals surface area contributed by atoms with Crippen LogP contribution >= 0.6 is 11.6 Å². The van der Waals surface area contributed by atoms with Crippen molar-refractivity contribution in [2.24, 2.45) is 5.92 Å². The number of rotatable bonds is 5. The van der Waals surface area contributed by atoms with Gasteiger partial charge in [0, 0.05) is 22.3 Å². The minimum Gasteiger partial charge on any atom is -0.326 e. The van der Waals surface area contributed by atoms with Crippen LogP contribution < -0.4 is 10.6 Å². The van der Waals surface area contributed by atoms with Crippen molar-refractivity contribution in [1.29, 1.82) is 0 Å². The molecular weight excluding hydrogens is 381 g/mol. The van der Waals surface area contributed by atoms with E-state index in [9.17, 15) is 14.0 Å². The van der Waals surface area contributed by atoms with Crippen LogP contribution in [0.1, 0.15) is 18.4 Å². The highest BCUT2D eigenvalue weighted by Gasteiger charge is 2.26. The molecule has 0 atom stereocenters. The van der Waals surface area contributed by atoms with E-state index in [0.29, 0.717) is 36.6 Å². The third kappa shape index (κ3) is 5.53. The molecule has 7 heteroatoms. The number of hydrogen-bond donors (Lipinski definition) is 2. The molecule has 0 bridgehead atoms. The lowest BCUT2D eigenvalue weighted by atomic mass is 9.95. The molecule has 1 fully saturated rings. The Morgan fingerprint density at radius 1 is 1.11 bits per heavy atom. The molecular formula is C21H23ClFN3O2. The van der Waals surface area contributed by atoms with Gasteiger partial charge in [-0.1, -0.05) is 17.7 Å². The third-order valence-electron chi connectivity index (χ3n) is 4.91. The number of piperidine rings is 1. The van der Waals surface area contributed by atoms with E-state index in [1.165, 1.54) is 24.3 Å². The van der Waals surface area contributed by atoms with Crippen molar-refractivity contribution in [1.82, 2.24) is 4.90 Å². The van der Waals surface area contributed by atoms with E-state index < -0.39 is 0 Å². The number of anilines is 2. The van der Waals surface area contributed by atoms with Crippen LogP contribution in [0.3, 0.4) is 0 Å². The molecule has 1 aliphatic heterocycles. The van der Waals surface area contributed by atoms with Crippen molar-refractivity contribution in [3.8, 4) is 0 Å². The van der Waals surface area contributed by atoms with Crippen molar-refractivity contribution < 1.29 is 14.0 Å². The molecule has 0 radical (unpaired) electrons. The van der Waals surface area contributed by atoms with Crippen LogP contribution in [0.2, 0.25) is 5.02 Å². The first-order chi connectivity index (χ1) is 13.4. The minimum atomic E-state index is -0.341. The summed E-state index contributed by atoms with van der Waals surface area (Å²) < 4.78 is 12.9. The number of amides is 2. The molecule has 1 aliphatic rings. The van der Waals surface area contributed by atoms with Crippen molar-refractivity contribution in [3.05, 3.63) is 58.9 Å². The van der Waals surface area contributed by atoms with Gasteiger partial charge >= 0.3 is 0 Å². The molecule has 1 heterocycles. The number of nitrogens with one attached hydrogen (secondary N) is 2. The maximum atomic E-state index is 12.9. The number of benzene rings is 2. The van der Waals surface area contributed by atoms with E-state index in [0.717, 1.165) is 11.3 Å². The lowest BCUT2D eigenvalue weighted by Gasteiger charge is -2.30. The molecule has 0 aliphatic carbocycles. The number of hydrogen-bond acceptors (Lipinski definition) is 3. The third-order valence-corrected chi connectivity index (χ3v) is 5.15. The van der Waals surface area contributed by atoms with Gasteiger partial charge in [-0.05, 0) is 74.8 Å². The van der Waals surface area contributed by atoms with Crippen LogP contribution in [0.5, 0.6) is 0 Å². The summed E-state index contributed by atoms with van der Waals surface area (Å²) in [5.41, 5.74) is 2.27. The first-order valence-electron chi connectivity index (χ1n) is 9.25. The number of aryl methyl sites for hydroxylation is 1. The van der Waals surface area contributed by atoms with E-state index in [4.69, 9.17) is 11.6 Å². The van der Waals surface area contributed by atoms with Gasteiger partial charge in [-0.15, -0.1) is 0 Å². The first kappa shape index (κ1) is 20.3. The molecule has 2 aromatic rings. The highest BCUT2D eigenvalue weighted by Crippen LogP contribution is 2.23. The molecule has 2 aromatic carbocycles. The largest absolute Gasteiger partial charge is 0.326 e. The maximum absolute atomic E-state index is 12.9. The Labute approximate surface area is 168 Å². The summed E-state index contributed by atoms with van der Waals surface area (Å²) in [7, 11) is 0. The Hall–Kier alpha value is -2.44. The summed E-state index contributed by atoms with van der Waals surface area (Å²) in [6.45, 7) is 3.51. The van der Waals surface area contributed by atoms with E-state index in [1.54, 1.807) is 12.1 Å². The Morgan fingerprint density at radius 3 is 2.46 bits per heavy atom. The predicted molar refractivity (Wildman–Crippen MR) is 109 cm³/mol. The maximum Gasteiger partial charge on any atom is 0.238 e. The summed E-state index contributed by atoms with van der Waals surface area (Å²) in [6.07, 6.45) is 1.38. The van der Waals surface area contributed by atoms with Gasteiger partial charge in [0.05, 0.1) is 6.54 Å². The van der Waals surface area contributed by atoms with Crippen molar-refractivity contribution in [2.75, 3.05) is 30.3 Å². The van der Waals surface area contributed by atoms with Gasteiger partial charge in [-0.25, -0.2) is 4.39 Å². The molecule has 0 aromatic heterocycles. The molecule has 2 N–H and O–H groups in total. The second-order valence-electron chi connectivity index (χ2n) is 7.05. The Morgan fingerprint density at radius 2 is 1.79 bits per heavy atom. The van der Waals surface area contributed by atoms with Gasteiger partial charge in [0.1, 0.15) is 5.82 Å². The number of nitrogens with zero attached hydrogens (tertiary/aromatic N) is 1. The fraction of sp³-hybridized carbons (Fsp3) is 0.333. The number of likely N-dealkylation sites (tertiary alicyclic amines) is 1. The summed E-state index contributed by atoms with van der Waals surface area (Å²) in [5, 5.41) is 6.30. The van der Waals surface area contributed by atoms with E-state index in [-0.39, 0.29) is 30.1 Å². The van der Waals surface area contributed by atoms with E-state index in [1.807, 2.05) is 17.9 Å². The summed E-state index contributed by atoms with van der Waals surface area (Å²) >= 11 is 6.00. The lowest BCUT2D eigenvalue weighted by Crippen LogP contribution is -2.41. The highest BCUT2D eigenvalue weighted by molar-refractivity contribution is 6.31. The van der Waals surface area contributed by atoms with Crippen LogP contribution in [0.25, 0.3) is 0 Å². The normalized spacial score (nSPS) is 15.2. The van der Waals surface area contributed by atoms with Gasteiger partial charge in [0.25, 0.3) is 0 Å². The SMILES string of the molecule is Cc1ccc(Cl)cc1NC(=O)C1CCN(CC(=O)Nc2ccc(F)cc2)CC1. The van der Waals surface area contributed by atoms with Crippen LogP contribution in [0.15, 0.2) is 42.5 Å². The predicted octanol–water partition coefficient (Wildman–Crippen LogP) is 4.08. The van der Waals surface area contributed by atoms with Gasteiger partial charge in [0.15, 0.2) is 0 Å². The van der Waals surface area contributed by atoms with Crippen molar-refractivity contribution in [2.45, 2.75) is 19.8 Å².